The second-order valence-electron chi connectivity index (χ2n) is 4.38. The van der Waals surface area contributed by atoms with Crippen LogP contribution >= 0.6 is 0 Å². The number of rotatable bonds is 8. The lowest BCUT2D eigenvalue weighted by Gasteiger charge is -2.21. The van der Waals surface area contributed by atoms with Crippen LogP contribution in [0.2, 0.25) is 0 Å². The summed E-state index contributed by atoms with van der Waals surface area (Å²) in [5, 5.41) is 0. The molecule has 1 saturated carbocycles. The highest BCUT2D eigenvalue weighted by Crippen LogP contribution is 2.26. The van der Waals surface area contributed by atoms with Crippen LogP contribution in [-0.4, -0.2) is 43.8 Å². The van der Waals surface area contributed by atoms with E-state index in [1.54, 1.807) is 7.11 Å². The van der Waals surface area contributed by atoms with Crippen molar-refractivity contribution >= 4 is 0 Å². The van der Waals surface area contributed by atoms with Gasteiger partial charge in [-0.3, -0.25) is 4.90 Å². The third kappa shape index (κ3) is 4.94. The van der Waals surface area contributed by atoms with Crippen LogP contribution in [0.25, 0.3) is 0 Å². The van der Waals surface area contributed by atoms with Crippen LogP contribution in [0.5, 0.6) is 0 Å². The molecule has 0 aromatic rings. The van der Waals surface area contributed by atoms with Gasteiger partial charge in [-0.25, -0.2) is 0 Å². The van der Waals surface area contributed by atoms with Gasteiger partial charge in [0.15, 0.2) is 0 Å². The van der Waals surface area contributed by atoms with Crippen molar-refractivity contribution in [1.29, 1.82) is 0 Å². The lowest BCUT2D eigenvalue weighted by molar-refractivity contribution is 0.142. The van der Waals surface area contributed by atoms with Crippen LogP contribution in [0.15, 0.2) is 0 Å². The molecule has 2 N–H and O–H groups in total. The summed E-state index contributed by atoms with van der Waals surface area (Å²) in [6.07, 6.45) is 5.11. The van der Waals surface area contributed by atoms with Crippen molar-refractivity contribution in [3.63, 3.8) is 0 Å². The first-order valence-corrected chi connectivity index (χ1v) is 5.72. The van der Waals surface area contributed by atoms with Gasteiger partial charge in [-0.1, -0.05) is 0 Å². The Morgan fingerprint density at radius 3 is 2.64 bits per heavy atom. The molecule has 14 heavy (non-hydrogen) atoms. The maximum Gasteiger partial charge on any atom is 0.0589 e. The number of hydrogen-bond acceptors (Lipinski definition) is 3. The van der Waals surface area contributed by atoms with E-state index >= 15 is 0 Å². The molecule has 0 bridgehead atoms. The third-order valence-electron chi connectivity index (χ3n) is 2.75. The Bertz CT molecular complexity index is 146. The summed E-state index contributed by atoms with van der Waals surface area (Å²) in [7, 11) is 1.77. The summed E-state index contributed by atoms with van der Waals surface area (Å²) in [5.41, 5.74) is 5.73. The molecule has 1 rings (SSSR count). The van der Waals surface area contributed by atoms with Crippen LogP contribution in [0.4, 0.5) is 0 Å². The molecule has 0 aromatic carbocycles. The van der Waals surface area contributed by atoms with Gasteiger partial charge in [-0.2, -0.15) is 0 Å². The second-order valence-corrected chi connectivity index (χ2v) is 4.38. The van der Waals surface area contributed by atoms with Crippen LogP contribution in [0, 0.1) is 0 Å². The highest BCUT2D eigenvalue weighted by Gasteiger charge is 2.27. The van der Waals surface area contributed by atoms with Gasteiger partial charge in [0.1, 0.15) is 0 Å². The molecular formula is C11H24N2O. The van der Waals surface area contributed by atoms with Crippen LogP contribution in [-0.2, 0) is 4.74 Å². The topological polar surface area (TPSA) is 38.5 Å². The number of hydrogen-bond donors (Lipinski definition) is 1. The quantitative estimate of drug-likeness (QED) is 0.640. The average molecular weight is 200 g/mol. The molecule has 0 heterocycles. The van der Waals surface area contributed by atoms with Gasteiger partial charge in [-0.15, -0.1) is 0 Å². The predicted molar refractivity (Wildman–Crippen MR) is 59.4 cm³/mol. The fourth-order valence-corrected chi connectivity index (χ4v) is 1.74. The molecule has 0 aliphatic heterocycles. The lowest BCUT2D eigenvalue weighted by Crippen LogP contribution is -2.31. The monoisotopic (exact) mass is 200 g/mol. The van der Waals surface area contributed by atoms with Gasteiger partial charge in [0, 0.05) is 25.7 Å². The highest BCUT2D eigenvalue weighted by molar-refractivity contribution is 4.84. The van der Waals surface area contributed by atoms with E-state index < -0.39 is 0 Å². The van der Waals surface area contributed by atoms with Crippen molar-refractivity contribution in [2.75, 3.05) is 26.8 Å². The van der Waals surface area contributed by atoms with Gasteiger partial charge < -0.3 is 10.5 Å². The van der Waals surface area contributed by atoms with Crippen LogP contribution in [0.1, 0.15) is 32.6 Å². The maximum atomic E-state index is 5.73. The third-order valence-corrected chi connectivity index (χ3v) is 2.75. The van der Waals surface area contributed by atoms with Gasteiger partial charge >= 0.3 is 0 Å². The van der Waals surface area contributed by atoms with Crippen molar-refractivity contribution in [3.05, 3.63) is 0 Å². The van der Waals surface area contributed by atoms with E-state index in [0.29, 0.717) is 6.04 Å². The Morgan fingerprint density at radius 1 is 1.43 bits per heavy atom. The van der Waals surface area contributed by atoms with Crippen molar-refractivity contribution in [1.82, 2.24) is 4.90 Å². The molecule has 1 unspecified atom stereocenters. The molecule has 3 heteroatoms. The molecule has 0 amide bonds. The molecule has 0 saturated heterocycles. The summed E-state index contributed by atoms with van der Waals surface area (Å²) in [6, 6.07) is 1.19. The number of nitrogens with two attached hydrogens (primary N) is 1. The largest absolute Gasteiger partial charge is 0.383 e. The van der Waals surface area contributed by atoms with Gasteiger partial charge in [0.05, 0.1) is 6.61 Å². The summed E-state index contributed by atoms with van der Waals surface area (Å²) in [6.45, 7) is 5.21. The second kappa shape index (κ2) is 6.38. The minimum Gasteiger partial charge on any atom is -0.383 e. The average Bonchev–Trinajstić information content (AvgIpc) is 2.93. The van der Waals surface area contributed by atoms with E-state index in [0.717, 1.165) is 25.6 Å². The molecule has 1 atom stereocenters. The first-order chi connectivity index (χ1) is 6.74. The lowest BCUT2D eigenvalue weighted by atomic mass is 10.2. The standard InChI is InChI=1S/C11H24N2O/c1-10(12)4-3-7-13(8-9-14-2)11-5-6-11/h10-11H,3-9,12H2,1-2H3. The van der Waals surface area contributed by atoms with E-state index in [1.807, 2.05) is 0 Å². The molecule has 3 nitrogen and oxygen atoms in total. The van der Waals surface area contributed by atoms with Crippen LogP contribution in [0.3, 0.4) is 0 Å². The smallest absolute Gasteiger partial charge is 0.0589 e. The van der Waals surface area contributed by atoms with Crippen LogP contribution < -0.4 is 5.73 Å². The van der Waals surface area contributed by atoms with Gasteiger partial charge in [0.2, 0.25) is 0 Å². The SMILES string of the molecule is COCCN(CCCC(C)N)C1CC1. The number of methoxy groups -OCH3 is 1. The van der Waals surface area contributed by atoms with Crippen molar-refractivity contribution in [2.45, 2.75) is 44.7 Å². The van der Waals surface area contributed by atoms with E-state index in [9.17, 15) is 0 Å². The summed E-state index contributed by atoms with van der Waals surface area (Å²) in [5.74, 6) is 0. The molecule has 1 aliphatic rings. The first kappa shape index (κ1) is 12.0. The van der Waals surface area contributed by atoms with E-state index in [4.69, 9.17) is 10.5 Å². The molecule has 1 fully saturated rings. The fourth-order valence-electron chi connectivity index (χ4n) is 1.74. The van der Waals surface area contributed by atoms with E-state index in [2.05, 4.69) is 11.8 Å². The summed E-state index contributed by atoms with van der Waals surface area (Å²) in [4.78, 5) is 2.55. The zero-order valence-corrected chi connectivity index (χ0v) is 9.54. The number of nitrogens with zero attached hydrogens (tertiary/aromatic N) is 1. The molecule has 0 aromatic heterocycles. The fraction of sp³-hybridized carbons (Fsp3) is 1.00. The zero-order valence-electron chi connectivity index (χ0n) is 9.54. The minimum atomic E-state index is 0.346. The molecule has 84 valence electrons. The van der Waals surface area contributed by atoms with E-state index in [-0.39, 0.29) is 0 Å². The minimum absolute atomic E-state index is 0.346. The summed E-state index contributed by atoms with van der Waals surface area (Å²) >= 11 is 0. The molecular weight excluding hydrogens is 176 g/mol. The first-order valence-electron chi connectivity index (χ1n) is 5.72. The Balaban J connectivity index is 2.08. The van der Waals surface area contributed by atoms with Gasteiger partial charge in [-0.05, 0) is 39.2 Å². The normalized spacial score (nSPS) is 18.9. The zero-order chi connectivity index (χ0) is 10.4. The molecule has 0 radical (unpaired) electrons. The van der Waals surface area contributed by atoms with E-state index in [1.165, 1.54) is 25.8 Å². The van der Waals surface area contributed by atoms with Gasteiger partial charge in [0.25, 0.3) is 0 Å². The Hall–Kier alpha value is -0.120. The van der Waals surface area contributed by atoms with Crippen molar-refractivity contribution in [3.8, 4) is 0 Å². The highest BCUT2D eigenvalue weighted by atomic mass is 16.5. The Labute approximate surface area is 87.6 Å². The molecule has 0 spiro atoms. The summed E-state index contributed by atoms with van der Waals surface area (Å²) < 4.78 is 5.11. The molecule has 1 aliphatic carbocycles. The van der Waals surface area contributed by atoms with Crippen molar-refractivity contribution in [2.24, 2.45) is 5.73 Å². The maximum absolute atomic E-state index is 5.73. The Morgan fingerprint density at radius 2 is 2.14 bits per heavy atom. The van der Waals surface area contributed by atoms with Crippen molar-refractivity contribution < 1.29 is 4.74 Å². The number of ether oxygens (including phenoxy) is 1. The predicted octanol–water partition coefficient (Wildman–Crippen LogP) is 1.22. The Kier molecular flexibility index (Phi) is 5.45.